The Morgan fingerprint density at radius 1 is 1.07 bits per heavy atom. The number of hydrogen-bond donors (Lipinski definition) is 1. The second-order valence-corrected chi connectivity index (χ2v) is 6.09. The molecule has 0 aliphatic heterocycles. The molecule has 0 bridgehead atoms. The number of carbonyl (C=O) groups excluding carboxylic acids is 3. The Morgan fingerprint density at radius 3 is 2.22 bits per heavy atom. The zero-order valence-corrected chi connectivity index (χ0v) is 16.2. The lowest BCUT2D eigenvalue weighted by molar-refractivity contribution is 0.0593. The van der Waals surface area contributed by atoms with E-state index in [4.69, 9.17) is 9.47 Å². The molecule has 1 aromatic carbocycles. The molecule has 7 nitrogen and oxygen atoms in total. The number of hydrogen-bond acceptors (Lipinski definition) is 5. The van der Waals surface area contributed by atoms with Gasteiger partial charge in [0, 0.05) is 23.4 Å². The summed E-state index contributed by atoms with van der Waals surface area (Å²) in [4.78, 5) is 41.7. The molecule has 0 unspecified atom stereocenters. The van der Waals surface area contributed by atoms with Crippen LogP contribution in [0.5, 0.6) is 5.75 Å². The highest BCUT2D eigenvalue weighted by Crippen LogP contribution is 2.20. The monoisotopic (exact) mass is 372 g/mol. The maximum Gasteiger partial charge on any atom is 0.354 e. The highest BCUT2D eigenvalue weighted by Gasteiger charge is 2.25. The molecule has 1 N–H and O–H groups in total. The molecule has 7 heteroatoms. The lowest BCUT2D eigenvalue weighted by atomic mass is 10.0. The van der Waals surface area contributed by atoms with Gasteiger partial charge >= 0.3 is 5.97 Å². The van der Waals surface area contributed by atoms with Crippen molar-refractivity contribution in [3.63, 3.8) is 0 Å². The van der Waals surface area contributed by atoms with Gasteiger partial charge in [0.15, 0.2) is 5.78 Å². The van der Waals surface area contributed by atoms with Crippen LogP contribution < -0.4 is 4.74 Å². The smallest absolute Gasteiger partial charge is 0.354 e. The van der Waals surface area contributed by atoms with E-state index in [-0.39, 0.29) is 23.9 Å². The first-order valence-electron chi connectivity index (χ1n) is 8.58. The predicted molar refractivity (Wildman–Crippen MR) is 101 cm³/mol. The van der Waals surface area contributed by atoms with E-state index in [2.05, 4.69) is 4.98 Å². The first-order chi connectivity index (χ1) is 12.8. The Hall–Kier alpha value is -3.09. The topological polar surface area (TPSA) is 88.7 Å². The van der Waals surface area contributed by atoms with Gasteiger partial charge in [0.25, 0.3) is 5.91 Å². The summed E-state index contributed by atoms with van der Waals surface area (Å²) in [6.45, 7) is 5.51. The molecule has 1 amide bonds. The molecule has 0 radical (unpaired) electrons. The molecule has 0 spiro atoms. The van der Waals surface area contributed by atoms with Crippen LogP contribution in [-0.4, -0.2) is 54.9 Å². The number of aromatic nitrogens is 1. The van der Waals surface area contributed by atoms with Crippen molar-refractivity contribution < 1.29 is 23.9 Å². The number of aryl methyl sites for hydroxylation is 1. The molecule has 0 saturated heterocycles. The zero-order valence-electron chi connectivity index (χ0n) is 16.2. The molecule has 2 rings (SSSR count). The van der Waals surface area contributed by atoms with Crippen molar-refractivity contribution in [1.82, 2.24) is 9.88 Å². The van der Waals surface area contributed by atoms with E-state index in [1.807, 2.05) is 6.92 Å². The summed E-state index contributed by atoms with van der Waals surface area (Å²) in [7, 11) is 2.84. The van der Waals surface area contributed by atoms with E-state index < -0.39 is 5.97 Å². The van der Waals surface area contributed by atoms with Gasteiger partial charge in [-0.05, 0) is 50.6 Å². The molecule has 0 aliphatic carbocycles. The minimum atomic E-state index is -0.531. The normalized spacial score (nSPS) is 10.4. The van der Waals surface area contributed by atoms with E-state index in [1.54, 1.807) is 45.2 Å². The highest BCUT2D eigenvalue weighted by molar-refractivity contribution is 6.05. The number of Topliss-reactive ketones (excluding diaryl/α,β-unsaturated/α-hetero) is 1. The van der Waals surface area contributed by atoms with Crippen molar-refractivity contribution in [3.8, 4) is 5.75 Å². The summed E-state index contributed by atoms with van der Waals surface area (Å²) >= 11 is 0. The fourth-order valence-electron chi connectivity index (χ4n) is 2.97. The average molecular weight is 372 g/mol. The third kappa shape index (κ3) is 4.19. The largest absolute Gasteiger partial charge is 0.497 e. The summed E-state index contributed by atoms with van der Waals surface area (Å²) in [5, 5.41) is 0. The van der Waals surface area contributed by atoms with Gasteiger partial charge < -0.3 is 19.4 Å². The quantitative estimate of drug-likeness (QED) is 0.596. The van der Waals surface area contributed by atoms with E-state index in [0.29, 0.717) is 34.7 Å². The number of likely N-dealkylation sites (N-methyl/N-ethyl adjacent to an activating group) is 1. The number of aromatic amines is 1. The fraction of sp³-hybridized carbons (Fsp3) is 0.350. The van der Waals surface area contributed by atoms with Crippen molar-refractivity contribution in [1.29, 1.82) is 0 Å². The third-order valence-corrected chi connectivity index (χ3v) is 4.45. The van der Waals surface area contributed by atoms with Gasteiger partial charge in [0.05, 0.1) is 20.8 Å². The molecule has 0 atom stereocenters. The van der Waals surface area contributed by atoms with Gasteiger partial charge in [-0.3, -0.25) is 9.59 Å². The fourth-order valence-corrected chi connectivity index (χ4v) is 2.97. The van der Waals surface area contributed by atoms with Gasteiger partial charge in [-0.25, -0.2) is 4.79 Å². The summed E-state index contributed by atoms with van der Waals surface area (Å²) in [6, 6.07) is 6.73. The number of ether oxygens (including phenoxy) is 2. The number of methoxy groups -OCH3 is 2. The third-order valence-electron chi connectivity index (χ3n) is 4.45. The van der Waals surface area contributed by atoms with E-state index >= 15 is 0 Å². The maximum atomic E-state index is 12.8. The van der Waals surface area contributed by atoms with Crippen LogP contribution in [0, 0.1) is 13.8 Å². The molecule has 27 heavy (non-hydrogen) atoms. The van der Waals surface area contributed by atoms with Crippen molar-refractivity contribution in [2.75, 3.05) is 27.3 Å². The molecular formula is C20H24N2O5. The molecule has 0 saturated carbocycles. The van der Waals surface area contributed by atoms with Crippen LogP contribution in [0.25, 0.3) is 0 Å². The lowest BCUT2D eigenvalue weighted by Gasteiger charge is -2.20. The Labute approximate surface area is 158 Å². The first kappa shape index (κ1) is 20.2. The Morgan fingerprint density at radius 2 is 1.70 bits per heavy atom. The van der Waals surface area contributed by atoms with E-state index in [0.717, 1.165) is 0 Å². The number of amides is 1. The van der Waals surface area contributed by atoms with Crippen LogP contribution in [0.15, 0.2) is 24.3 Å². The average Bonchev–Trinajstić information content (AvgIpc) is 2.99. The van der Waals surface area contributed by atoms with Crippen LogP contribution in [0.4, 0.5) is 0 Å². The van der Waals surface area contributed by atoms with Crippen LogP contribution in [0.1, 0.15) is 49.4 Å². The van der Waals surface area contributed by atoms with Crippen molar-refractivity contribution >= 4 is 17.7 Å². The molecule has 1 heterocycles. The second kappa shape index (κ2) is 8.53. The number of rotatable bonds is 7. The van der Waals surface area contributed by atoms with Crippen LogP contribution in [0.3, 0.4) is 0 Å². The Bertz CT molecular complexity index is 852. The van der Waals surface area contributed by atoms with Crippen LogP contribution >= 0.6 is 0 Å². The maximum absolute atomic E-state index is 12.8. The number of esters is 1. The molecule has 144 valence electrons. The summed E-state index contributed by atoms with van der Waals surface area (Å²) in [5.41, 5.74) is 2.24. The van der Waals surface area contributed by atoms with Gasteiger partial charge in [0.2, 0.25) is 0 Å². The number of nitrogens with one attached hydrogen (secondary N) is 1. The van der Waals surface area contributed by atoms with Gasteiger partial charge in [-0.1, -0.05) is 0 Å². The van der Waals surface area contributed by atoms with Crippen molar-refractivity contribution in [2.45, 2.75) is 20.8 Å². The second-order valence-electron chi connectivity index (χ2n) is 6.09. The first-order valence-corrected chi connectivity index (χ1v) is 8.58. The Kier molecular flexibility index (Phi) is 6.39. The molecule has 1 aromatic heterocycles. The lowest BCUT2D eigenvalue weighted by Crippen LogP contribution is -2.35. The Balaban J connectivity index is 2.23. The molecule has 0 fully saturated rings. The number of nitrogens with zero attached hydrogens (tertiary/aromatic N) is 1. The minimum absolute atomic E-state index is 0.0818. The highest BCUT2D eigenvalue weighted by atomic mass is 16.5. The SMILES string of the molecule is CCN(CC(=O)c1c(C)[nH]c(C(=O)OC)c1C)C(=O)c1ccc(OC)cc1. The van der Waals surface area contributed by atoms with Gasteiger partial charge in [0.1, 0.15) is 11.4 Å². The minimum Gasteiger partial charge on any atom is -0.497 e. The van der Waals surface area contributed by atoms with E-state index in [1.165, 1.54) is 12.0 Å². The standard InChI is InChI=1S/C20H24N2O5/c1-6-22(19(24)14-7-9-15(26-4)10-8-14)11-16(23)17-12(2)18(20(25)27-5)21-13(17)3/h7-10,21H,6,11H2,1-5H3. The van der Waals surface area contributed by atoms with Crippen LogP contribution in [-0.2, 0) is 4.74 Å². The van der Waals surface area contributed by atoms with E-state index in [9.17, 15) is 14.4 Å². The molecule has 0 aliphatic rings. The van der Waals surface area contributed by atoms with Crippen LogP contribution in [0.2, 0.25) is 0 Å². The summed E-state index contributed by atoms with van der Waals surface area (Å²) in [6.07, 6.45) is 0. The number of benzene rings is 1. The summed E-state index contributed by atoms with van der Waals surface area (Å²) < 4.78 is 9.82. The molecule has 2 aromatic rings. The van der Waals surface area contributed by atoms with Gasteiger partial charge in [-0.2, -0.15) is 0 Å². The number of carbonyl (C=O) groups is 3. The van der Waals surface area contributed by atoms with Crippen molar-refractivity contribution in [2.24, 2.45) is 0 Å². The van der Waals surface area contributed by atoms with Gasteiger partial charge in [-0.15, -0.1) is 0 Å². The summed E-state index contributed by atoms with van der Waals surface area (Å²) in [5.74, 6) is -0.358. The predicted octanol–water partition coefficient (Wildman–Crippen LogP) is 2.77. The molecular weight excluding hydrogens is 348 g/mol. The number of H-pyrrole nitrogens is 1. The zero-order chi connectivity index (χ0) is 20.1. The number of ketones is 1. The van der Waals surface area contributed by atoms with Crippen molar-refractivity contribution in [3.05, 3.63) is 52.3 Å².